The van der Waals surface area contributed by atoms with E-state index in [9.17, 15) is 9.59 Å². The zero-order valence-corrected chi connectivity index (χ0v) is 11.8. The summed E-state index contributed by atoms with van der Waals surface area (Å²) in [4.78, 5) is 23.4. The number of para-hydroxylation sites is 1. The molecule has 0 aromatic heterocycles. The molecule has 2 aromatic rings. The van der Waals surface area contributed by atoms with Gasteiger partial charge in [-0.25, -0.2) is 4.79 Å². The molecular weight excluding hydrogens is 308 g/mol. The lowest BCUT2D eigenvalue weighted by Gasteiger charge is -2.08. The summed E-state index contributed by atoms with van der Waals surface area (Å²) >= 11 is 3.29. The number of carbonyl (C=O) groups is 2. The first kappa shape index (κ1) is 13.5. The highest BCUT2D eigenvalue weighted by Gasteiger charge is 2.13. The number of esters is 1. The largest absolute Gasteiger partial charge is 0.422 e. The highest BCUT2D eigenvalue weighted by atomic mass is 79.9. The van der Waals surface area contributed by atoms with Crippen LogP contribution in [-0.2, 0) is 0 Å². The van der Waals surface area contributed by atoms with Crippen LogP contribution in [0, 0.1) is 0 Å². The Hall–Kier alpha value is -1.94. The van der Waals surface area contributed by atoms with Crippen LogP contribution >= 0.6 is 15.9 Å². The average molecular weight is 319 g/mol. The summed E-state index contributed by atoms with van der Waals surface area (Å²) in [7, 11) is 0. The maximum atomic E-state index is 12.0. The van der Waals surface area contributed by atoms with Crippen molar-refractivity contribution in [3.05, 3.63) is 64.1 Å². The Labute approximate surface area is 119 Å². The Bertz CT molecular complexity index is 635. The van der Waals surface area contributed by atoms with E-state index in [0.717, 1.165) is 4.47 Å². The number of hydrogen-bond donors (Lipinski definition) is 0. The smallest absolute Gasteiger partial charge is 0.343 e. The predicted molar refractivity (Wildman–Crippen MR) is 75.5 cm³/mol. The second-order valence-corrected chi connectivity index (χ2v) is 4.87. The van der Waals surface area contributed by atoms with E-state index in [2.05, 4.69) is 15.9 Å². The van der Waals surface area contributed by atoms with Crippen LogP contribution in [0.3, 0.4) is 0 Å². The molecule has 3 nitrogen and oxygen atoms in total. The number of rotatable bonds is 3. The number of hydrogen-bond acceptors (Lipinski definition) is 3. The lowest BCUT2D eigenvalue weighted by molar-refractivity contribution is 0.0733. The Balaban J connectivity index is 2.27. The number of carbonyl (C=O) groups excluding carboxylic acids is 2. The molecule has 0 bridgehead atoms. The highest BCUT2D eigenvalue weighted by Crippen LogP contribution is 2.20. The van der Waals surface area contributed by atoms with Gasteiger partial charge < -0.3 is 4.74 Å². The molecule has 0 unspecified atom stereocenters. The summed E-state index contributed by atoms with van der Waals surface area (Å²) in [5.41, 5.74) is 0.818. The highest BCUT2D eigenvalue weighted by molar-refractivity contribution is 9.10. The lowest BCUT2D eigenvalue weighted by atomic mass is 10.1. The van der Waals surface area contributed by atoms with Gasteiger partial charge in [0.25, 0.3) is 0 Å². The minimum absolute atomic E-state index is 0.141. The number of Topliss-reactive ketones (excluding diaryl/α,β-unsaturated/α-hetero) is 1. The normalized spacial score (nSPS) is 10.0. The summed E-state index contributed by atoms with van der Waals surface area (Å²) in [6, 6.07) is 13.6. The van der Waals surface area contributed by atoms with Gasteiger partial charge in [-0.2, -0.15) is 0 Å². The molecule has 0 aliphatic rings. The maximum Gasteiger partial charge on any atom is 0.343 e. The van der Waals surface area contributed by atoms with Crippen LogP contribution in [0.2, 0.25) is 0 Å². The summed E-state index contributed by atoms with van der Waals surface area (Å²) in [6.07, 6.45) is 0. The zero-order chi connectivity index (χ0) is 13.8. The lowest BCUT2D eigenvalue weighted by Crippen LogP contribution is -2.10. The van der Waals surface area contributed by atoms with E-state index in [1.165, 1.54) is 6.92 Å². The van der Waals surface area contributed by atoms with E-state index in [1.807, 2.05) is 6.07 Å². The molecule has 0 radical (unpaired) electrons. The van der Waals surface area contributed by atoms with Gasteiger partial charge in [-0.15, -0.1) is 0 Å². The first-order chi connectivity index (χ1) is 9.08. The van der Waals surface area contributed by atoms with E-state index in [-0.39, 0.29) is 11.5 Å². The van der Waals surface area contributed by atoms with E-state index < -0.39 is 5.97 Å². The molecule has 0 N–H and O–H groups in total. The van der Waals surface area contributed by atoms with Gasteiger partial charge in [0.05, 0.1) is 11.1 Å². The second kappa shape index (κ2) is 5.80. The van der Waals surface area contributed by atoms with Crippen molar-refractivity contribution in [2.75, 3.05) is 0 Å². The predicted octanol–water partition coefficient (Wildman–Crippen LogP) is 3.87. The number of halogens is 1. The monoisotopic (exact) mass is 318 g/mol. The van der Waals surface area contributed by atoms with Crippen molar-refractivity contribution in [1.82, 2.24) is 0 Å². The SMILES string of the molecule is CC(=O)c1ccccc1OC(=O)c1cccc(Br)c1. The summed E-state index contributed by atoms with van der Waals surface area (Å²) < 4.78 is 6.06. The van der Waals surface area contributed by atoms with E-state index >= 15 is 0 Å². The standard InChI is InChI=1S/C15H11BrO3/c1-10(17)13-7-2-3-8-14(13)19-15(18)11-5-4-6-12(16)9-11/h2-9H,1H3. The molecule has 19 heavy (non-hydrogen) atoms. The molecule has 0 fully saturated rings. The van der Waals surface area contributed by atoms with Gasteiger partial charge in [0.2, 0.25) is 0 Å². The molecule has 0 spiro atoms. The van der Waals surface area contributed by atoms with Gasteiger partial charge >= 0.3 is 5.97 Å². The van der Waals surface area contributed by atoms with Crippen LogP contribution in [0.4, 0.5) is 0 Å². The zero-order valence-electron chi connectivity index (χ0n) is 10.2. The van der Waals surface area contributed by atoms with Crippen molar-refractivity contribution in [3.8, 4) is 5.75 Å². The van der Waals surface area contributed by atoms with E-state index in [4.69, 9.17) is 4.74 Å². The molecule has 2 aromatic carbocycles. The van der Waals surface area contributed by atoms with Crippen LogP contribution in [0.15, 0.2) is 53.0 Å². The maximum absolute atomic E-state index is 12.0. The van der Waals surface area contributed by atoms with Gasteiger partial charge in [-0.3, -0.25) is 4.79 Å². The molecule has 96 valence electrons. The fraction of sp³-hybridized carbons (Fsp3) is 0.0667. The third-order valence-corrected chi connectivity index (χ3v) is 3.02. The van der Waals surface area contributed by atoms with Crippen molar-refractivity contribution >= 4 is 27.7 Å². The first-order valence-corrected chi connectivity index (χ1v) is 6.45. The van der Waals surface area contributed by atoms with Crippen LogP contribution in [0.5, 0.6) is 5.75 Å². The molecule has 0 aliphatic heterocycles. The van der Waals surface area contributed by atoms with Gasteiger partial charge in [0.1, 0.15) is 5.75 Å². The summed E-state index contributed by atoms with van der Waals surface area (Å²) in [6.45, 7) is 1.44. The number of ether oxygens (including phenoxy) is 1. The molecule has 0 atom stereocenters. The van der Waals surface area contributed by atoms with Crippen LogP contribution < -0.4 is 4.74 Å². The van der Waals surface area contributed by atoms with Crippen molar-refractivity contribution in [3.63, 3.8) is 0 Å². The van der Waals surface area contributed by atoms with Gasteiger partial charge in [-0.1, -0.05) is 34.1 Å². The molecule has 0 amide bonds. The fourth-order valence-corrected chi connectivity index (χ4v) is 2.02. The van der Waals surface area contributed by atoms with Crippen LogP contribution in [-0.4, -0.2) is 11.8 Å². The van der Waals surface area contributed by atoms with Crippen molar-refractivity contribution in [2.45, 2.75) is 6.92 Å². The fourth-order valence-electron chi connectivity index (χ4n) is 1.62. The van der Waals surface area contributed by atoms with Crippen LogP contribution in [0.25, 0.3) is 0 Å². The molecule has 2 rings (SSSR count). The van der Waals surface area contributed by atoms with Gasteiger partial charge in [-0.05, 0) is 37.3 Å². The molecule has 4 heteroatoms. The Morgan fingerprint density at radius 1 is 1.05 bits per heavy atom. The third kappa shape index (κ3) is 3.29. The van der Waals surface area contributed by atoms with E-state index in [1.54, 1.807) is 42.5 Å². The third-order valence-electron chi connectivity index (χ3n) is 2.53. The average Bonchev–Trinajstić information content (AvgIpc) is 2.39. The van der Waals surface area contributed by atoms with Gasteiger partial charge in [0.15, 0.2) is 5.78 Å². The Morgan fingerprint density at radius 3 is 2.47 bits per heavy atom. The molecule has 0 saturated carbocycles. The van der Waals surface area contributed by atoms with Crippen LogP contribution in [0.1, 0.15) is 27.6 Å². The number of ketones is 1. The Morgan fingerprint density at radius 2 is 1.79 bits per heavy atom. The van der Waals surface area contributed by atoms with Crippen molar-refractivity contribution in [1.29, 1.82) is 0 Å². The molecule has 0 aliphatic carbocycles. The summed E-state index contributed by atoms with van der Waals surface area (Å²) in [5.74, 6) is -0.354. The quantitative estimate of drug-likeness (QED) is 0.490. The molecular formula is C15H11BrO3. The topological polar surface area (TPSA) is 43.4 Å². The summed E-state index contributed by atoms with van der Waals surface area (Å²) in [5, 5.41) is 0. The second-order valence-electron chi connectivity index (χ2n) is 3.95. The minimum atomic E-state index is -0.491. The number of benzene rings is 2. The first-order valence-electron chi connectivity index (χ1n) is 5.65. The molecule has 0 heterocycles. The molecule has 0 saturated heterocycles. The van der Waals surface area contributed by atoms with Gasteiger partial charge in [0, 0.05) is 4.47 Å². The van der Waals surface area contributed by atoms with Crippen molar-refractivity contribution < 1.29 is 14.3 Å². The minimum Gasteiger partial charge on any atom is -0.422 e. The Kier molecular flexibility index (Phi) is 4.12. The van der Waals surface area contributed by atoms with Crippen molar-refractivity contribution in [2.24, 2.45) is 0 Å². The van der Waals surface area contributed by atoms with E-state index in [0.29, 0.717) is 11.1 Å².